The van der Waals surface area contributed by atoms with Crippen molar-refractivity contribution in [3.63, 3.8) is 0 Å². The lowest BCUT2D eigenvalue weighted by Gasteiger charge is -2.09. The maximum atomic E-state index is 2.42. The lowest BCUT2D eigenvalue weighted by atomic mass is 9.97. The van der Waals surface area contributed by atoms with Crippen molar-refractivity contribution in [1.82, 2.24) is 0 Å². The standard InChI is InChI=1S/C18H32N.BrH/c1-3-4-5-6-7-9-13-18(2)14-12-17-19-15-10-8-11-16-19;/h8,10-11,15-16,18H,3-7,9,12-14,17H2,1-2H3;1H/q+1;/p-1/t18-;/m0./s1. The quantitative estimate of drug-likeness (QED) is 0.429. The Hall–Kier alpha value is -0.370. The molecule has 0 saturated heterocycles. The van der Waals surface area contributed by atoms with E-state index in [0.29, 0.717) is 0 Å². The molecule has 0 fully saturated rings. The van der Waals surface area contributed by atoms with E-state index in [-0.39, 0.29) is 17.0 Å². The zero-order valence-corrected chi connectivity index (χ0v) is 14.9. The fraction of sp³-hybridized carbons (Fsp3) is 0.722. The van der Waals surface area contributed by atoms with Crippen molar-refractivity contribution in [2.45, 2.75) is 78.2 Å². The van der Waals surface area contributed by atoms with Crippen molar-refractivity contribution in [2.75, 3.05) is 0 Å². The fourth-order valence-corrected chi connectivity index (χ4v) is 2.62. The predicted molar refractivity (Wildman–Crippen MR) is 83.0 cm³/mol. The number of aryl methyl sites for hydroxylation is 1. The Bertz CT molecular complexity index is 300. The third-order valence-electron chi connectivity index (χ3n) is 3.94. The molecule has 116 valence electrons. The van der Waals surface area contributed by atoms with Crippen molar-refractivity contribution in [2.24, 2.45) is 5.92 Å². The topological polar surface area (TPSA) is 3.88 Å². The number of unbranched alkanes of at least 4 members (excludes halogenated alkanes) is 5. The van der Waals surface area contributed by atoms with Gasteiger partial charge in [0.05, 0.1) is 0 Å². The van der Waals surface area contributed by atoms with Crippen LogP contribution in [0.3, 0.4) is 0 Å². The minimum absolute atomic E-state index is 0. The van der Waals surface area contributed by atoms with Crippen LogP contribution in [0.5, 0.6) is 0 Å². The molecule has 0 spiro atoms. The summed E-state index contributed by atoms with van der Waals surface area (Å²) < 4.78 is 2.29. The molecule has 0 unspecified atom stereocenters. The highest BCUT2D eigenvalue weighted by atomic mass is 79.9. The third kappa shape index (κ3) is 10.4. The van der Waals surface area contributed by atoms with Crippen molar-refractivity contribution in [1.29, 1.82) is 0 Å². The highest BCUT2D eigenvalue weighted by molar-refractivity contribution is 4.83. The molecule has 0 saturated carbocycles. The van der Waals surface area contributed by atoms with E-state index in [1.807, 2.05) is 0 Å². The molecule has 1 nitrogen and oxygen atoms in total. The van der Waals surface area contributed by atoms with Crippen LogP contribution >= 0.6 is 0 Å². The monoisotopic (exact) mass is 341 g/mol. The first kappa shape index (κ1) is 19.6. The van der Waals surface area contributed by atoms with Crippen LogP contribution < -0.4 is 21.5 Å². The van der Waals surface area contributed by atoms with Crippen LogP contribution in [0, 0.1) is 5.92 Å². The smallest absolute Gasteiger partial charge is 0.168 e. The van der Waals surface area contributed by atoms with Gasteiger partial charge in [0.15, 0.2) is 12.4 Å². The van der Waals surface area contributed by atoms with Gasteiger partial charge in [-0.2, -0.15) is 0 Å². The molecule has 0 aliphatic heterocycles. The van der Waals surface area contributed by atoms with Gasteiger partial charge in [0.25, 0.3) is 0 Å². The molecule has 0 amide bonds. The molecule has 0 radical (unpaired) electrons. The van der Waals surface area contributed by atoms with Gasteiger partial charge in [-0.05, 0) is 12.3 Å². The van der Waals surface area contributed by atoms with Gasteiger partial charge in [-0.3, -0.25) is 0 Å². The lowest BCUT2D eigenvalue weighted by molar-refractivity contribution is -0.697. The summed E-state index contributed by atoms with van der Waals surface area (Å²) in [6.45, 7) is 5.87. The molecule has 0 aliphatic carbocycles. The molecule has 1 heterocycles. The van der Waals surface area contributed by atoms with Crippen LogP contribution in [0.1, 0.15) is 71.6 Å². The van der Waals surface area contributed by atoms with E-state index < -0.39 is 0 Å². The Morgan fingerprint density at radius 3 is 2.10 bits per heavy atom. The van der Waals surface area contributed by atoms with Gasteiger partial charge < -0.3 is 17.0 Å². The Kier molecular flexibility index (Phi) is 13.4. The Morgan fingerprint density at radius 2 is 1.40 bits per heavy atom. The predicted octanol–water partition coefficient (Wildman–Crippen LogP) is 2.14. The van der Waals surface area contributed by atoms with Gasteiger partial charge in [0.1, 0.15) is 6.54 Å². The second-order valence-electron chi connectivity index (χ2n) is 5.92. The van der Waals surface area contributed by atoms with E-state index >= 15 is 0 Å². The second kappa shape index (κ2) is 13.6. The van der Waals surface area contributed by atoms with E-state index in [9.17, 15) is 0 Å². The number of hydrogen-bond donors (Lipinski definition) is 0. The summed E-state index contributed by atoms with van der Waals surface area (Å²) in [5, 5.41) is 0. The van der Waals surface area contributed by atoms with Gasteiger partial charge in [0, 0.05) is 18.6 Å². The van der Waals surface area contributed by atoms with Gasteiger partial charge in [-0.15, -0.1) is 0 Å². The highest BCUT2D eigenvalue weighted by Gasteiger charge is 2.04. The number of hydrogen-bond acceptors (Lipinski definition) is 0. The summed E-state index contributed by atoms with van der Waals surface area (Å²) >= 11 is 0. The van der Waals surface area contributed by atoms with E-state index in [4.69, 9.17) is 0 Å². The van der Waals surface area contributed by atoms with Gasteiger partial charge in [0.2, 0.25) is 0 Å². The molecule has 0 aliphatic rings. The number of rotatable bonds is 11. The van der Waals surface area contributed by atoms with Crippen molar-refractivity contribution < 1.29 is 21.5 Å². The molecule has 1 rings (SSSR count). The normalized spacial score (nSPS) is 11.9. The lowest BCUT2D eigenvalue weighted by Crippen LogP contribution is -3.00. The third-order valence-corrected chi connectivity index (χ3v) is 3.94. The number of halogens is 1. The molecule has 0 bridgehead atoms. The fourth-order valence-electron chi connectivity index (χ4n) is 2.62. The molecule has 1 atom stereocenters. The largest absolute Gasteiger partial charge is 1.00 e. The molecule has 0 N–H and O–H groups in total. The van der Waals surface area contributed by atoms with E-state index in [0.717, 1.165) is 5.92 Å². The summed E-state index contributed by atoms with van der Waals surface area (Å²) in [6, 6.07) is 6.30. The average molecular weight is 342 g/mol. The number of aromatic nitrogens is 1. The minimum atomic E-state index is 0. The van der Waals surface area contributed by atoms with Crippen LogP contribution in [0.25, 0.3) is 0 Å². The van der Waals surface area contributed by atoms with Crippen LogP contribution in [-0.2, 0) is 6.54 Å². The zero-order valence-electron chi connectivity index (χ0n) is 13.4. The zero-order chi connectivity index (χ0) is 13.8. The first-order valence-electron chi connectivity index (χ1n) is 8.27. The Labute approximate surface area is 136 Å². The average Bonchev–Trinajstić information content (AvgIpc) is 2.44. The molecule has 1 aromatic heterocycles. The summed E-state index contributed by atoms with van der Waals surface area (Å²) in [6.07, 6.45) is 17.0. The Balaban J connectivity index is 0.00000361. The first-order chi connectivity index (χ1) is 9.33. The van der Waals surface area contributed by atoms with Crippen LogP contribution in [0.4, 0.5) is 0 Å². The van der Waals surface area contributed by atoms with E-state index in [2.05, 4.69) is 49.0 Å². The molecular formula is C18H32BrN. The molecule has 2 heteroatoms. The van der Waals surface area contributed by atoms with Crippen LogP contribution in [-0.4, -0.2) is 0 Å². The first-order valence-corrected chi connectivity index (χ1v) is 8.27. The number of pyridine rings is 1. The summed E-state index contributed by atoms with van der Waals surface area (Å²) in [7, 11) is 0. The van der Waals surface area contributed by atoms with E-state index in [1.165, 1.54) is 64.3 Å². The molecule has 0 aromatic carbocycles. The molecule has 1 aromatic rings. The summed E-state index contributed by atoms with van der Waals surface area (Å²) in [5.74, 6) is 0.899. The summed E-state index contributed by atoms with van der Waals surface area (Å²) in [4.78, 5) is 0. The van der Waals surface area contributed by atoms with Crippen LogP contribution in [0.2, 0.25) is 0 Å². The van der Waals surface area contributed by atoms with Crippen LogP contribution in [0.15, 0.2) is 30.6 Å². The van der Waals surface area contributed by atoms with Crippen molar-refractivity contribution in [3.05, 3.63) is 30.6 Å². The molecular weight excluding hydrogens is 310 g/mol. The Morgan fingerprint density at radius 1 is 0.800 bits per heavy atom. The minimum Gasteiger partial charge on any atom is -1.00 e. The SMILES string of the molecule is CCCCCCCC[C@H](C)CCC[n+]1ccccc1.[Br-]. The second-order valence-corrected chi connectivity index (χ2v) is 5.92. The number of nitrogens with zero attached hydrogens (tertiary/aromatic N) is 1. The maximum absolute atomic E-state index is 2.42. The highest BCUT2D eigenvalue weighted by Crippen LogP contribution is 2.16. The van der Waals surface area contributed by atoms with Gasteiger partial charge in [-0.25, -0.2) is 4.57 Å². The maximum Gasteiger partial charge on any atom is 0.168 e. The van der Waals surface area contributed by atoms with Gasteiger partial charge in [-0.1, -0.05) is 64.9 Å². The van der Waals surface area contributed by atoms with E-state index in [1.54, 1.807) is 0 Å². The van der Waals surface area contributed by atoms with Crippen molar-refractivity contribution in [3.8, 4) is 0 Å². The summed E-state index contributed by atoms with van der Waals surface area (Å²) in [5.41, 5.74) is 0. The van der Waals surface area contributed by atoms with Gasteiger partial charge >= 0.3 is 0 Å². The molecule has 20 heavy (non-hydrogen) atoms. The van der Waals surface area contributed by atoms with Crippen molar-refractivity contribution >= 4 is 0 Å².